The summed E-state index contributed by atoms with van der Waals surface area (Å²) in [6.45, 7) is 0.381. The summed E-state index contributed by atoms with van der Waals surface area (Å²) in [5.41, 5.74) is 3.16. The smallest absolute Gasteiger partial charge is 0.270 e. The quantitative estimate of drug-likeness (QED) is 0.221. The van der Waals surface area contributed by atoms with Crippen molar-refractivity contribution in [3.8, 4) is 5.75 Å². The first-order chi connectivity index (χ1) is 21.9. The largest absolute Gasteiger partial charge is 0.473 e. The van der Waals surface area contributed by atoms with Gasteiger partial charge in [-0.1, -0.05) is 48.5 Å². The second kappa shape index (κ2) is 12.8. The maximum atomic E-state index is 13.2. The van der Waals surface area contributed by atoms with Crippen molar-refractivity contribution in [1.82, 2.24) is 20.5 Å². The van der Waals surface area contributed by atoms with Gasteiger partial charge in [0.1, 0.15) is 17.5 Å². The van der Waals surface area contributed by atoms with Crippen molar-refractivity contribution >= 4 is 35.2 Å². The topological polar surface area (TPSA) is 138 Å². The number of anilines is 1. The lowest BCUT2D eigenvalue weighted by molar-refractivity contribution is -0.136. The number of hydrogen-bond donors (Lipinski definition) is 2. The van der Waals surface area contributed by atoms with Gasteiger partial charge in [0.2, 0.25) is 11.8 Å². The van der Waals surface area contributed by atoms with Gasteiger partial charge in [0.15, 0.2) is 6.73 Å². The predicted octanol–water partition coefficient (Wildman–Crippen LogP) is 3.46. The third kappa shape index (κ3) is 6.42. The third-order valence-corrected chi connectivity index (χ3v) is 7.71. The molecule has 0 spiro atoms. The Labute approximate surface area is 258 Å². The molecule has 5 amide bonds. The van der Waals surface area contributed by atoms with E-state index in [4.69, 9.17) is 4.74 Å². The van der Waals surface area contributed by atoms with Gasteiger partial charge in [-0.15, -0.1) is 0 Å². The molecule has 11 nitrogen and oxygen atoms in total. The van der Waals surface area contributed by atoms with Crippen LogP contribution in [0.4, 0.5) is 5.69 Å². The van der Waals surface area contributed by atoms with Gasteiger partial charge in [0, 0.05) is 37.0 Å². The number of carbonyl (C=O) groups excluding carboxylic acids is 5. The number of pyridine rings is 1. The molecule has 2 N–H and O–H groups in total. The summed E-state index contributed by atoms with van der Waals surface area (Å²) in [7, 11) is 0. The van der Waals surface area contributed by atoms with Gasteiger partial charge in [0.25, 0.3) is 17.7 Å². The maximum absolute atomic E-state index is 13.2. The number of amides is 5. The van der Waals surface area contributed by atoms with Crippen LogP contribution in [0.25, 0.3) is 0 Å². The average Bonchev–Trinajstić information content (AvgIpc) is 3.40. The number of nitrogens with one attached hydrogen (secondary N) is 2. The summed E-state index contributed by atoms with van der Waals surface area (Å²) in [5.74, 6) is -1.25. The van der Waals surface area contributed by atoms with E-state index in [0.717, 1.165) is 5.56 Å². The lowest BCUT2D eigenvalue weighted by Crippen LogP contribution is -2.52. The Morgan fingerprint density at radius 2 is 1.67 bits per heavy atom. The van der Waals surface area contributed by atoms with Crippen molar-refractivity contribution < 1.29 is 28.7 Å². The second-order valence-electron chi connectivity index (χ2n) is 10.7. The van der Waals surface area contributed by atoms with Crippen LogP contribution in [0.1, 0.15) is 55.2 Å². The van der Waals surface area contributed by atoms with Crippen LogP contribution in [0.2, 0.25) is 0 Å². The highest BCUT2D eigenvalue weighted by atomic mass is 16.5. The molecule has 3 aromatic carbocycles. The van der Waals surface area contributed by atoms with E-state index in [1.165, 1.54) is 11.1 Å². The van der Waals surface area contributed by atoms with Crippen LogP contribution in [-0.2, 0) is 22.7 Å². The lowest BCUT2D eigenvalue weighted by atomic mass is 10.0. The second-order valence-corrected chi connectivity index (χ2v) is 10.7. The Balaban J connectivity index is 1.05. The number of para-hydroxylation sites is 1. The molecule has 6 rings (SSSR count). The summed E-state index contributed by atoms with van der Waals surface area (Å²) in [5, 5.41) is 5.11. The molecule has 0 radical (unpaired) electrons. The standard InChI is InChI=1S/C34H29N5O6/c40-30-16-15-29(32(42)37-30)38-20-24-17-28(35-19-27(24)34(38)44)31(41)36-18-22-11-13-26(14-12-22)45-21-39(25-9-5-2-6-10-25)33(43)23-7-3-1-4-8-23/h1-14,17,19,29H,15-16,18,20-21H2,(H,36,41)(H,37,40,42). The molecule has 45 heavy (non-hydrogen) atoms. The van der Waals surface area contributed by atoms with E-state index in [9.17, 15) is 24.0 Å². The van der Waals surface area contributed by atoms with Crippen LogP contribution < -0.4 is 20.3 Å². The van der Waals surface area contributed by atoms with Crippen LogP contribution in [0.15, 0.2) is 97.2 Å². The zero-order valence-electron chi connectivity index (χ0n) is 24.1. The Hall–Kier alpha value is -5.84. The van der Waals surface area contributed by atoms with E-state index >= 15 is 0 Å². The number of piperidine rings is 1. The van der Waals surface area contributed by atoms with Crippen molar-refractivity contribution in [3.05, 3.63) is 125 Å². The summed E-state index contributed by atoms with van der Waals surface area (Å²) in [6, 6.07) is 26.3. The minimum Gasteiger partial charge on any atom is -0.473 e. The van der Waals surface area contributed by atoms with E-state index in [-0.39, 0.29) is 56.1 Å². The lowest BCUT2D eigenvalue weighted by Gasteiger charge is -2.29. The normalized spacial score (nSPS) is 15.7. The van der Waals surface area contributed by atoms with E-state index in [1.54, 1.807) is 35.2 Å². The highest BCUT2D eigenvalue weighted by molar-refractivity contribution is 6.06. The van der Waals surface area contributed by atoms with E-state index in [0.29, 0.717) is 28.1 Å². The van der Waals surface area contributed by atoms with Gasteiger partial charge in [-0.25, -0.2) is 0 Å². The van der Waals surface area contributed by atoms with Gasteiger partial charge in [0.05, 0.1) is 5.56 Å². The van der Waals surface area contributed by atoms with Gasteiger partial charge >= 0.3 is 0 Å². The minimum atomic E-state index is -0.738. The highest BCUT2D eigenvalue weighted by Crippen LogP contribution is 2.27. The molecule has 3 heterocycles. The number of ether oxygens (including phenoxy) is 1. The third-order valence-electron chi connectivity index (χ3n) is 7.71. The predicted molar refractivity (Wildman–Crippen MR) is 163 cm³/mol. The van der Waals surface area contributed by atoms with Gasteiger partial charge in [-0.05, 0) is 60.0 Å². The molecule has 1 atom stereocenters. The number of nitrogens with zero attached hydrogens (tertiary/aromatic N) is 3. The summed E-state index contributed by atoms with van der Waals surface area (Å²) in [6.07, 6.45) is 1.77. The molecular formula is C34H29N5O6. The fraction of sp³-hybridized carbons (Fsp3) is 0.176. The molecule has 11 heteroatoms. The van der Waals surface area contributed by atoms with E-state index < -0.39 is 17.9 Å². The van der Waals surface area contributed by atoms with Crippen molar-refractivity contribution in [3.63, 3.8) is 0 Å². The zero-order valence-corrected chi connectivity index (χ0v) is 24.1. The molecule has 4 aromatic rings. The molecule has 2 aliphatic rings. The van der Waals surface area contributed by atoms with Gasteiger partial charge in [-0.3, -0.25) is 39.2 Å². The van der Waals surface area contributed by atoms with Crippen molar-refractivity contribution in [2.45, 2.75) is 32.0 Å². The molecule has 0 aliphatic carbocycles. The molecule has 1 fully saturated rings. The zero-order chi connectivity index (χ0) is 31.3. The fourth-order valence-electron chi connectivity index (χ4n) is 5.30. The summed E-state index contributed by atoms with van der Waals surface area (Å²) >= 11 is 0. The number of benzene rings is 3. The Kier molecular flexibility index (Phi) is 8.32. The molecule has 0 saturated carbocycles. The molecular weight excluding hydrogens is 574 g/mol. The summed E-state index contributed by atoms with van der Waals surface area (Å²) in [4.78, 5) is 69.9. The maximum Gasteiger partial charge on any atom is 0.270 e. The fourth-order valence-corrected chi connectivity index (χ4v) is 5.30. The first-order valence-electron chi connectivity index (χ1n) is 14.4. The molecule has 2 aliphatic heterocycles. The number of rotatable bonds is 9. The van der Waals surface area contributed by atoms with E-state index in [2.05, 4.69) is 15.6 Å². The van der Waals surface area contributed by atoms with Crippen LogP contribution in [0.3, 0.4) is 0 Å². The average molecular weight is 604 g/mol. The van der Waals surface area contributed by atoms with Crippen LogP contribution in [0.5, 0.6) is 5.75 Å². The van der Waals surface area contributed by atoms with Crippen LogP contribution in [-0.4, -0.2) is 52.2 Å². The molecule has 1 saturated heterocycles. The molecule has 1 aromatic heterocycles. The van der Waals surface area contributed by atoms with E-state index in [1.807, 2.05) is 60.7 Å². The SMILES string of the molecule is O=C1CCC(N2Cc3cc(C(=O)NCc4ccc(OCN(C(=O)c5ccccc5)c5ccccc5)cc4)ncc3C2=O)C(=O)N1. The number of carbonyl (C=O) groups is 5. The van der Waals surface area contributed by atoms with Crippen LogP contribution >= 0.6 is 0 Å². The minimum absolute atomic E-state index is 0.00129. The van der Waals surface area contributed by atoms with Crippen molar-refractivity contribution in [1.29, 1.82) is 0 Å². The number of hydrogen-bond acceptors (Lipinski definition) is 7. The van der Waals surface area contributed by atoms with Gasteiger partial charge in [-0.2, -0.15) is 0 Å². The number of fused-ring (bicyclic) bond motifs is 1. The first kappa shape index (κ1) is 29.2. The Bertz CT molecular complexity index is 1760. The van der Waals surface area contributed by atoms with Crippen molar-refractivity contribution in [2.24, 2.45) is 0 Å². The molecule has 226 valence electrons. The number of aromatic nitrogens is 1. The Morgan fingerprint density at radius 3 is 2.38 bits per heavy atom. The van der Waals surface area contributed by atoms with Gasteiger partial charge < -0.3 is 15.0 Å². The first-order valence-corrected chi connectivity index (χ1v) is 14.4. The summed E-state index contributed by atoms with van der Waals surface area (Å²) < 4.78 is 5.97. The van der Waals surface area contributed by atoms with Crippen LogP contribution in [0, 0.1) is 0 Å². The van der Waals surface area contributed by atoms with Crippen molar-refractivity contribution in [2.75, 3.05) is 11.6 Å². The highest BCUT2D eigenvalue weighted by Gasteiger charge is 2.39. The number of imide groups is 1. The molecule has 1 unspecified atom stereocenters. The molecule has 0 bridgehead atoms. The Morgan fingerprint density at radius 1 is 0.956 bits per heavy atom. The monoisotopic (exact) mass is 603 g/mol.